The zero-order valence-electron chi connectivity index (χ0n) is 6.06. The average molecular weight is 236 g/mol. The molecule has 1 aromatic rings. The fourth-order valence-electron chi connectivity index (χ4n) is 0.863. The van der Waals surface area contributed by atoms with Gasteiger partial charge in [0.1, 0.15) is 0 Å². The van der Waals surface area contributed by atoms with Crippen LogP contribution in [0.1, 0.15) is 11.1 Å². The van der Waals surface area contributed by atoms with E-state index in [1.165, 1.54) is 0 Å². The van der Waals surface area contributed by atoms with Crippen LogP contribution < -0.4 is 0 Å². The van der Waals surface area contributed by atoms with Gasteiger partial charge >= 0.3 is 0 Å². The van der Waals surface area contributed by atoms with Crippen molar-refractivity contribution in [3.05, 3.63) is 32.8 Å². The van der Waals surface area contributed by atoms with Crippen LogP contribution >= 0.6 is 27.5 Å². The van der Waals surface area contributed by atoms with Crippen molar-refractivity contribution in [1.29, 1.82) is 0 Å². The quantitative estimate of drug-likeness (QED) is 0.793. The Morgan fingerprint density at radius 1 is 1.55 bits per heavy atom. The Bertz CT molecular complexity index is 273. The molecule has 0 atom stereocenters. The molecule has 1 N–H and O–H groups in total. The maximum absolute atomic E-state index is 8.89. The summed E-state index contributed by atoms with van der Waals surface area (Å²) in [7, 11) is 0. The molecule has 0 unspecified atom stereocenters. The Kier molecular flexibility index (Phi) is 2.93. The van der Waals surface area contributed by atoms with E-state index in [9.17, 15) is 0 Å². The van der Waals surface area contributed by atoms with Crippen molar-refractivity contribution in [3.8, 4) is 0 Å². The first-order chi connectivity index (χ1) is 5.15. The van der Waals surface area contributed by atoms with Gasteiger partial charge < -0.3 is 5.11 Å². The van der Waals surface area contributed by atoms with Gasteiger partial charge in [-0.15, -0.1) is 0 Å². The van der Waals surface area contributed by atoms with Crippen molar-refractivity contribution < 1.29 is 5.11 Å². The van der Waals surface area contributed by atoms with Gasteiger partial charge in [-0.05, 0) is 30.2 Å². The van der Waals surface area contributed by atoms with Gasteiger partial charge in [0, 0.05) is 9.50 Å². The fourth-order valence-corrected chi connectivity index (χ4v) is 1.74. The van der Waals surface area contributed by atoms with Gasteiger partial charge in [-0.25, -0.2) is 0 Å². The summed E-state index contributed by atoms with van der Waals surface area (Å²) in [6, 6.07) is 3.58. The van der Waals surface area contributed by atoms with Crippen LogP contribution in [-0.4, -0.2) is 5.11 Å². The lowest BCUT2D eigenvalue weighted by molar-refractivity contribution is 0.281. The smallest absolute Gasteiger partial charge is 0.0685 e. The molecule has 0 saturated carbocycles. The highest BCUT2D eigenvalue weighted by atomic mass is 79.9. The molecule has 0 bridgehead atoms. The molecular formula is C8H8BrClO. The molecule has 0 radical (unpaired) electrons. The molecule has 0 aliphatic rings. The third-order valence-electron chi connectivity index (χ3n) is 1.59. The summed E-state index contributed by atoms with van der Waals surface area (Å²) in [5.74, 6) is 0. The summed E-state index contributed by atoms with van der Waals surface area (Å²) in [5, 5.41) is 9.53. The summed E-state index contributed by atoms with van der Waals surface area (Å²) in [4.78, 5) is 0. The van der Waals surface area contributed by atoms with Crippen LogP contribution in [0.4, 0.5) is 0 Å². The molecule has 0 aromatic heterocycles. The lowest BCUT2D eigenvalue weighted by Gasteiger charge is -2.04. The molecule has 11 heavy (non-hydrogen) atoms. The highest BCUT2D eigenvalue weighted by molar-refractivity contribution is 9.10. The fraction of sp³-hybridized carbons (Fsp3) is 0.250. The number of aliphatic hydroxyl groups excluding tert-OH is 1. The maximum Gasteiger partial charge on any atom is 0.0685 e. The Labute approximate surface area is 79.1 Å². The number of rotatable bonds is 1. The zero-order chi connectivity index (χ0) is 8.43. The topological polar surface area (TPSA) is 20.2 Å². The van der Waals surface area contributed by atoms with E-state index < -0.39 is 0 Å². The number of benzene rings is 1. The minimum atomic E-state index is 0.0327. The molecule has 0 heterocycles. The lowest BCUT2D eigenvalue weighted by Crippen LogP contribution is -1.89. The second-order valence-corrected chi connectivity index (χ2v) is 3.62. The van der Waals surface area contributed by atoms with E-state index in [-0.39, 0.29) is 6.61 Å². The van der Waals surface area contributed by atoms with E-state index in [2.05, 4.69) is 15.9 Å². The van der Waals surface area contributed by atoms with E-state index in [0.717, 1.165) is 15.6 Å². The molecule has 1 nitrogen and oxygen atoms in total. The SMILES string of the molecule is Cc1c(Br)cc(Cl)cc1CO. The van der Waals surface area contributed by atoms with Gasteiger partial charge in [-0.1, -0.05) is 27.5 Å². The number of hydrogen-bond acceptors (Lipinski definition) is 1. The van der Waals surface area contributed by atoms with Crippen LogP contribution in [0.15, 0.2) is 16.6 Å². The number of hydrogen-bond donors (Lipinski definition) is 1. The molecule has 0 aliphatic heterocycles. The summed E-state index contributed by atoms with van der Waals surface area (Å²) in [6.07, 6.45) is 0. The minimum absolute atomic E-state index is 0.0327. The Hall–Kier alpha value is -0.0500. The molecule has 1 rings (SSSR count). The first-order valence-corrected chi connectivity index (χ1v) is 4.37. The van der Waals surface area contributed by atoms with E-state index in [4.69, 9.17) is 16.7 Å². The van der Waals surface area contributed by atoms with Gasteiger partial charge in [-0.3, -0.25) is 0 Å². The van der Waals surface area contributed by atoms with Gasteiger partial charge in [0.25, 0.3) is 0 Å². The van der Waals surface area contributed by atoms with E-state index in [1.807, 2.05) is 13.0 Å². The molecule has 0 saturated heterocycles. The number of halogens is 2. The third kappa shape index (κ3) is 1.95. The normalized spacial score (nSPS) is 10.2. The average Bonchev–Trinajstić information content (AvgIpc) is 1.96. The monoisotopic (exact) mass is 234 g/mol. The number of aliphatic hydroxyl groups is 1. The van der Waals surface area contributed by atoms with Crippen molar-refractivity contribution in [2.75, 3.05) is 0 Å². The van der Waals surface area contributed by atoms with Crippen molar-refractivity contribution in [1.82, 2.24) is 0 Å². The van der Waals surface area contributed by atoms with E-state index in [0.29, 0.717) is 5.02 Å². The minimum Gasteiger partial charge on any atom is -0.392 e. The van der Waals surface area contributed by atoms with Crippen molar-refractivity contribution in [2.45, 2.75) is 13.5 Å². The predicted molar refractivity (Wildman–Crippen MR) is 49.8 cm³/mol. The largest absolute Gasteiger partial charge is 0.392 e. The van der Waals surface area contributed by atoms with Crippen LogP contribution in [-0.2, 0) is 6.61 Å². The zero-order valence-corrected chi connectivity index (χ0v) is 8.41. The predicted octanol–water partition coefficient (Wildman–Crippen LogP) is 2.90. The van der Waals surface area contributed by atoms with Gasteiger partial charge in [-0.2, -0.15) is 0 Å². The Morgan fingerprint density at radius 2 is 2.18 bits per heavy atom. The van der Waals surface area contributed by atoms with E-state index >= 15 is 0 Å². The highest BCUT2D eigenvalue weighted by Crippen LogP contribution is 2.24. The molecule has 60 valence electrons. The van der Waals surface area contributed by atoms with Gasteiger partial charge in [0.15, 0.2) is 0 Å². The van der Waals surface area contributed by atoms with Gasteiger partial charge in [0.05, 0.1) is 6.61 Å². The summed E-state index contributed by atoms with van der Waals surface area (Å²) in [6.45, 7) is 1.97. The maximum atomic E-state index is 8.89. The van der Waals surface area contributed by atoms with Gasteiger partial charge in [0.2, 0.25) is 0 Å². The van der Waals surface area contributed by atoms with Crippen LogP contribution in [0.25, 0.3) is 0 Å². The second kappa shape index (κ2) is 3.57. The molecule has 3 heteroatoms. The van der Waals surface area contributed by atoms with Crippen molar-refractivity contribution >= 4 is 27.5 Å². The molecule has 1 aromatic carbocycles. The first-order valence-electron chi connectivity index (χ1n) is 3.20. The molecule has 0 aliphatic carbocycles. The van der Waals surface area contributed by atoms with Crippen LogP contribution in [0.5, 0.6) is 0 Å². The molecule has 0 spiro atoms. The van der Waals surface area contributed by atoms with Crippen LogP contribution in [0.3, 0.4) is 0 Å². The summed E-state index contributed by atoms with van der Waals surface area (Å²) >= 11 is 9.10. The molecular weight excluding hydrogens is 227 g/mol. The standard InChI is InChI=1S/C8H8BrClO/c1-5-6(4-11)2-7(10)3-8(5)9/h2-3,11H,4H2,1H3. The summed E-state index contributed by atoms with van der Waals surface area (Å²) < 4.78 is 0.939. The van der Waals surface area contributed by atoms with Crippen molar-refractivity contribution in [3.63, 3.8) is 0 Å². The highest BCUT2D eigenvalue weighted by Gasteiger charge is 2.02. The van der Waals surface area contributed by atoms with E-state index in [1.54, 1.807) is 6.07 Å². The first kappa shape index (κ1) is 9.04. The molecule has 0 amide bonds. The molecule has 0 fully saturated rings. The third-order valence-corrected chi connectivity index (χ3v) is 2.63. The second-order valence-electron chi connectivity index (χ2n) is 2.33. The lowest BCUT2D eigenvalue weighted by atomic mass is 10.1. The van der Waals surface area contributed by atoms with Crippen molar-refractivity contribution in [2.24, 2.45) is 0 Å². The summed E-state index contributed by atoms with van der Waals surface area (Å²) in [5.41, 5.74) is 1.90. The van der Waals surface area contributed by atoms with Crippen LogP contribution in [0, 0.1) is 6.92 Å². The van der Waals surface area contributed by atoms with Crippen LogP contribution in [0.2, 0.25) is 5.02 Å². The Morgan fingerprint density at radius 3 is 2.73 bits per heavy atom. The Balaban J connectivity index is 3.24.